The minimum Gasteiger partial charge on any atom is -0.457 e. The molecule has 2 heterocycles. The average molecular weight is 495 g/mol. The maximum Gasteiger partial charge on any atom is 0.309 e. The number of nitrogens with zero attached hydrogens (tertiary/aromatic N) is 2. The van der Waals surface area contributed by atoms with Gasteiger partial charge in [-0.15, -0.1) is 0 Å². The topological polar surface area (TPSA) is 85.7 Å². The van der Waals surface area contributed by atoms with Gasteiger partial charge in [0.15, 0.2) is 6.61 Å². The van der Waals surface area contributed by atoms with Crippen molar-refractivity contribution in [2.75, 3.05) is 19.7 Å². The number of rotatable bonds is 8. The predicted molar refractivity (Wildman–Crippen MR) is 133 cm³/mol. The quantitative estimate of drug-likeness (QED) is 0.349. The summed E-state index contributed by atoms with van der Waals surface area (Å²) < 4.78 is 34.4. The summed E-state index contributed by atoms with van der Waals surface area (Å²) in [5, 5.41) is 0. The molecule has 3 aromatic rings. The lowest BCUT2D eigenvalue weighted by Gasteiger charge is -2.30. The average Bonchev–Trinajstić information content (AvgIpc) is 3.16. The van der Waals surface area contributed by atoms with Gasteiger partial charge in [-0.2, -0.15) is 4.31 Å². The molecule has 0 N–H and O–H groups in total. The van der Waals surface area contributed by atoms with Crippen molar-refractivity contribution >= 4 is 21.8 Å². The van der Waals surface area contributed by atoms with Crippen LogP contribution in [0.25, 0.3) is 0 Å². The molecule has 0 aliphatic carbocycles. The Balaban J connectivity index is 1.32. The summed E-state index contributed by atoms with van der Waals surface area (Å²) >= 11 is 0. The Hall–Kier alpha value is -3.23. The zero-order valence-corrected chi connectivity index (χ0v) is 20.8. The number of Topliss-reactive ketones (excluding diaryl/α,β-unsaturated/α-hetero) is 1. The number of ether oxygens (including phenoxy) is 1. The van der Waals surface area contributed by atoms with Gasteiger partial charge in [-0.05, 0) is 50.5 Å². The first kappa shape index (κ1) is 24.9. The van der Waals surface area contributed by atoms with Gasteiger partial charge in [0.05, 0.1) is 10.8 Å². The highest BCUT2D eigenvalue weighted by Crippen LogP contribution is 2.25. The molecule has 1 aliphatic rings. The van der Waals surface area contributed by atoms with Crippen molar-refractivity contribution in [2.45, 2.75) is 38.1 Å². The lowest BCUT2D eigenvalue weighted by atomic mass is 9.98. The highest BCUT2D eigenvalue weighted by molar-refractivity contribution is 7.89. The Morgan fingerprint density at radius 2 is 1.54 bits per heavy atom. The Kier molecular flexibility index (Phi) is 7.52. The number of sulfonamides is 1. The molecule has 184 valence electrons. The number of esters is 1. The van der Waals surface area contributed by atoms with E-state index in [1.165, 1.54) is 4.31 Å². The number of aryl methyl sites for hydroxylation is 1. The largest absolute Gasteiger partial charge is 0.457 e. The molecule has 0 saturated carbocycles. The third kappa shape index (κ3) is 5.55. The fourth-order valence-electron chi connectivity index (χ4n) is 4.50. The molecule has 8 heteroatoms. The van der Waals surface area contributed by atoms with Crippen LogP contribution in [0.15, 0.2) is 71.6 Å². The molecule has 1 saturated heterocycles. The second-order valence-corrected chi connectivity index (χ2v) is 10.8. The first-order chi connectivity index (χ1) is 16.8. The Morgan fingerprint density at radius 1 is 0.943 bits per heavy atom. The molecule has 0 bridgehead atoms. The molecular weight excluding hydrogens is 464 g/mol. The van der Waals surface area contributed by atoms with Crippen molar-refractivity contribution in [3.63, 3.8) is 0 Å². The van der Waals surface area contributed by atoms with E-state index in [4.69, 9.17) is 4.74 Å². The van der Waals surface area contributed by atoms with E-state index >= 15 is 0 Å². The van der Waals surface area contributed by atoms with Crippen molar-refractivity contribution in [3.8, 4) is 0 Å². The molecule has 0 unspecified atom stereocenters. The SMILES string of the molecule is Cc1cc(C(=O)COC(=O)C2CCN(S(=O)(=O)c3ccccc3)CC2)c(C)n1Cc1ccccc1. The number of ketones is 1. The number of aromatic nitrogens is 1. The third-order valence-corrected chi connectivity index (χ3v) is 8.48. The fraction of sp³-hybridized carbons (Fsp3) is 0.333. The van der Waals surface area contributed by atoms with Crippen LogP contribution in [0.5, 0.6) is 0 Å². The molecule has 1 fully saturated rings. The smallest absolute Gasteiger partial charge is 0.309 e. The van der Waals surface area contributed by atoms with Crippen molar-refractivity contribution in [2.24, 2.45) is 5.92 Å². The molecule has 4 rings (SSSR count). The molecular formula is C27H30N2O5S. The molecule has 1 aliphatic heterocycles. The number of carbonyl (C=O) groups is 2. The monoisotopic (exact) mass is 494 g/mol. The zero-order chi connectivity index (χ0) is 25.0. The van der Waals surface area contributed by atoms with E-state index in [0.29, 0.717) is 24.9 Å². The van der Waals surface area contributed by atoms with Gasteiger partial charge in [-0.25, -0.2) is 8.42 Å². The third-order valence-electron chi connectivity index (χ3n) is 6.57. The van der Waals surface area contributed by atoms with Gasteiger partial charge in [0.1, 0.15) is 0 Å². The Morgan fingerprint density at radius 3 is 2.17 bits per heavy atom. The number of benzene rings is 2. The second-order valence-electron chi connectivity index (χ2n) is 8.88. The van der Waals surface area contributed by atoms with Crippen LogP contribution in [0.2, 0.25) is 0 Å². The van der Waals surface area contributed by atoms with E-state index in [2.05, 4.69) is 4.57 Å². The first-order valence-electron chi connectivity index (χ1n) is 11.7. The van der Waals surface area contributed by atoms with Crippen LogP contribution in [0.4, 0.5) is 0 Å². The van der Waals surface area contributed by atoms with Crippen molar-refractivity contribution in [1.82, 2.24) is 8.87 Å². The summed E-state index contributed by atoms with van der Waals surface area (Å²) in [6.07, 6.45) is 0.731. The van der Waals surface area contributed by atoms with Gasteiger partial charge in [-0.1, -0.05) is 48.5 Å². The summed E-state index contributed by atoms with van der Waals surface area (Å²) in [7, 11) is -3.58. The molecule has 7 nitrogen and oxygen atoms in total. The van der Waals surface area contributed by atoms with Gasteiger partial charge >= 0.3 is 5.97 Å². The van der Waals surface area contributed by atoms with Crippen LogP contribution >= 0.6 is 0 Å². The lowest BCUT2D eigenvalue weighted by Crippen LogP contribution is -2.40. The van der Waals surface area contributed by atoms with Crippen molar-refractivity contribution in [1.29, 1.82) is 0 Å². The summed E-state index contributed by atoms with van der Waals surface area (Å²) in [5.74, 6) is -1.11. The minimum absolute atomic E-state index is 0.241. The summed E-state index contributed by atoms with van der Waals surface area (Å²) in [4.78, 5) is 25.7. The highest BCUT2D eigenvalue weighted by atomic mass is 32.2. The fourth-order valence-corrected chi connectivity index (χ4v) is 5.99. The minimum atomic E-state index is -3.58. The molecule has 2 aromatic carbocycles. The van der Waals surface area contributed by atoms with Crippen LogP contribution < -0.4 is 0 Å². The van der Waals surface area contributed by atoms with E-state index in [9.17, 15) is 18.0 Å². The second kappa shape index (κ2) is 10.6. The van der Waals surface area contributed by atoms with Gasteiger partial charge in [0, 0.05) is 36.6 Å². The normalized spacial score (nSPS) is 15.1. The van der Waals surface area contributed by atoms with Crippen molar-refractivity contribution in [3.05, 3.63) is 89.2 Å². The number of hydrogen-bond acceptors (Lipinski definition) is 5. The Bertz CT molecular complexity index is 1290. The van der Waals surface area contributed by atoms with Crippen LogP contribution in [-0.2, 0) is 26.1 Å². The van der Waals surface area contributed by atoms with Gasteiger partial charge in [-0.3, -0.25) is 9.59 Å². The van der Waals surface area contributed by atoms with Crippen LogP contribution in [0.3, 0.4) is 0 Å². The molecule has 35 heavy (non-hydrogen) atoms. The molecule has 0 atom stereocenters. The van der Waals surface area contributed by atoms with E-state index in [1.807, 2.05) is 50.2 Å². The first-order valence-corrected chi connectivity index (χ1v) is 13.2. The van der Waals surface area contributed by atoms with Gasteiger partial charge in [0.25, 0.3) is 0 Å². The maximum absolute atomic E-state index is 12.8. The zero-order valence-electron chi connectivity index (χ0n) is 20.0. The van der Waals surface area contributed by atoms with E-state index in [-0.39, 0.29) is 30.4 Å². The van der Waals surface area contributed by atoms with Gasteiger partial charge < -0.3 is 9.30 Å². The molecule has 0 spiro atoms. The lowest BCUT2D eigenvalue weighted by molar-refractivity contribution is -0.148. The van der Waals surface area contributed by atoms with Crippen molar-refractivity contribution < 1.29 is 22.7 Å². The number of piperidine rings is 1. The summed E-state index contributed by atoms with van der Waals surface area (Å²) in [6, 6.07) is 20.1. The summed E-state index contributed by atoms with van der Waals surface area (Å²) in [6.45, 7) is 4.67. The van der Waals surface area contributed by atoms with Crippen LogP contribution in [0.1, 0.15) is 40.2 Å². The molecule has 1 aromatic heterocycles. The van der Waals surface area contributed by atoms with Gasteiger partial charge in [0.2, 0.25) is 15.8 Å². The molecule has 0 radical (unpaired) electrons. The number of carbonyl (C=O) groups excluding carboxylic acids is 2. The van der Waals surface area contributed by atoms with Crippen LogP contribution in [0, 0.1) is 19.8 Å². The molecule has 0 amide bonds. The van der Waals surface area contributed by atoms with E-state index < -0.39 is 21.9 Å². The highest BCUT2D eigenvalue weighted by Gasteiger charge is 2.33. The van der Waals surface area contributed by atoms with E-state index in [0.717, 1.165) is 17.0 Å². The maximum atomic E-state index is 12.8. The summed E-state index contributed by atoms with van der Waals surface area (Å²) in [5.41, 5.74) is 3.50. The number of hydrogen-bond donors (Lipinski definition) is 0. The Labute approximate surface area is 206 Å². The predicted octanol–water partition coefficient (Wildman–Crippen LogP) is 3.98. The van der Waals surface area contributed by atoms with Crippen LogP contribution in [-0.4, -0.2) is 48.7 Å². The van der Waals surface area contributed by atoms with E-state index in [1.54, 1.807) is 30.3 Å². The standard InChI is InChI=1S/C27H30N2O5S/c1-20-17-25(21(2)29(20)18-22-9-5-3-6-10-22)26(30)19-34-27(31)23-13-15-28(16-14-23)35(32,33)24-11-7-4-8-12-24/h3-12,17,23H,13-16,18-19H2,1-2H3.